The first-order valence-corrected chi connectivity index (χ1v) is 12.9. The van der Waals surface area contributed by atoms with Gasteiger partial charge in [-0.25, -0.2) is 0 Å². The highest BCUT2D eigenvalue weighted by atomic mass is 19.4. The third-order valence-electron chi connectivity index (χ3n) is 6.36. The lowest BCUT2D eigenvalue weighted by Crippen LogP contribution is -2.20. The van der Waals surface area contributed by atoms with Crippen LogP contribution in [0.15, 0.2) is 53.1 Å². The molecule has 0 radical (unpaired) electrons. The maximum Gasteiger partial charge on any atom is 0.416 e. The zero-order valence-corrected chi connectivity index (χ0v) is 20.9. The predicted molar refractivity (Wildman–Crippen MR) is 133 cm³/mol. The van der Waals surface area contributed by atoms with Gasteiger partial charge in [-0.2, -0.15) is 23.6 Å². The number of hydrogen-bond acceptors (Lipinski definition) is 5. The molecule has 1 aromatic heterocycles. The van der Waals surface area contributed by atoms with E-state index in [9.17, 15) is 18.4 Å². The summed E-state index contributed by atoms with van der Waals surface area (Å²) in [6.45, 7) is 2.23. The lowest BCUT2D eigenvalue weighted by Gasteiger charge is -2.17. The molecule has 0 aliphatic carbocycles. The number of hydroxylamine groups is 1. The molecule has 2 aromatic carbocycles. The van der Waals surface area contributed by atoms with Gasteiger partial charge in [0.2, 0.25) is 0 Å². The minimum absolute atomic E-state index is 0.178. The van der Waals surface area contributed by atoms with Crippen molar-refractivity contribution >= 4 is 0 Å². The molecule has 0 amide bonds. The Kier molecular flexibility index (Phi) is 10.9. The van der Waals surface area contributed by atoms with Gasteiger partial charge < -0.3 is 9.73 Å². The van der Waals surface area contributed by atoms with E-state index in [1.54, 1.807) is 24.3 Å². The molecule has 2 N–H and O–H groups in total. The summed E-state index contributed by atoms with van der Waals surface area (Å²) in [6, 6.07) is 11.7. The number of halogens is 3. The second-order valence-electron chi connectivity index (χ2n) is 9.30. The normalized spacial score (nSPS) is 12.7. The van der Waals surface area contributed by atoms with E-state index in [1.165, 1.54) is 51.0 Å². The second-order valence-corrected chi connectivity index (χ2v) is 9.30. The topological polar surface area (TPSA) is 71.2 Å². The maximum absolute atomic E-state index is 13.0. The van der Waals surface area contributed by atoms with Crippen molar-refractivity contribution in [3.05, 3.63) is 71.0 Å². The monoisotopic (exact) mass is 503 g/mol. The van der Waals surface area contributed by atoms with Gasteiger partial charge in [-0.05, 0) is 42.2 Å². The van der Waals surface area contributed by atoms with E-state index >= 15 is 0 Å². The number of benzene rings is 2. The highest BCUT2D eigenvalue weighted by Crippen LogP contribution is 2.31. The lowest BCUT2D eigenvalue weighted by molar-refractivity contribution is -0.137. The fraction of sp³-hybridized carbons (Fsp3) is 0.500. The van der Waals surface area contributed by atoms with E-state index in [0.717, 1.165) is 31.4 Å². The standard InChI is InChI=1S/C28H36F3N3O2/c1-2-3-4-5-6-7-8-9-10-17-26-32-27(36-34-26)23-15-12-14-22(20-23)25(33-35)19-21-13-11-16-24(18-21)28(29,30)31/h11-16,18,20,25,33,35H,2-10,17,19H2,1H3. The van der Waals surface area contributed by atoms with Crippen LogP contribution >= 0.6 is 0 Å². The zero-order chi connectivity index (χ0) is 25.8. The summed E-state index contributed by atoms with van der Waals surface area (Å²) in [5, 5.41) is 13.8. The average molecular weight is 504 g/mol. The molecule has 1 unspecified atom stereocenters. The largest absolute Gasteiger partial charge is 0.416 e. The van der Waals surface area contributed by atoms with E-state index in [-0.39, 0.29) is 6.42 Å². The number of alkyl halides is 3. The Balaban J connectivity index is 1.54. The molecule has 3 aromatic rings. The fourth-order valence-corrected chi connectivity index (χ4v) is 4.30. The minimum atomic E-state index is -4.41. The Hall–Kier alpha value is -2.71. The smallest absolute Gasteiger partial charge is 0.334 e. The molecular weight excluding hydrogens is 467 g/mol. The molecule has 196 valence electrons. The molecule has 0 spiro atoms. The summed E-state index contributed by atoms with van der Waals surface area (Å²) in [7, 11) is 0. The Morgan fingerprint density at radius 3 is 2.31 bits per heavy atom. The Labute approximate surface area is 211 Å². The van der Waals surface area contributed by atoms with Crippen LogP contribution in [-0.2, 0) is 19.0 Å². The van der Waals surface area contributed by atoms with Crippen molar-refractivity contribution in [2.24, 2.45) is 0 Å². The summed E-state index contributed by atoms with van der Waals surface area (Å²) in [6.07, 6.45) is 7.75. The number of aryl methyl sites for hydroxylation is 1. The first-order chi connectivity index (χ1) is 17.4. The average Bonchev–Trinajstić information content (AvgIpc) is 3.35. The molecule has 1 atom stereocenters. The van der Waals surface area contributed by atoms with Crippen LogP contribution in [0.5, 0.6) is 0 Å². The number of hydrogen-bond donors (Lipinski definition) is 2. The van der Waals surface area contributed by atoms with Crippen molar-refractivity contribution in [1.82, 2.24) is 15.6 Å². The molecule has 8 heteroatoms. The van der Waals surface area contributed by atoms with Crippen molar-refractivity contribution in [3.8, 4) is 11.5 Å². The number of aromatic nitrogens is 2. The van der Waals surface area contributed by atoms with Gasteiger partial charge in [0.15, 0.2) is 5.82 Å². The Bertz CT molecular complexity index is 1050. The number of nitrogens with zero attached hydrogens (tertiary/aromatic N) is 2. The number of unbranched alkanes of at least 4 members (excludes halogenated alkanes) is 8. The van der Waals surface area contributed by atoms with Crippen molar-refractivity contribution < 1.29 is 22.9 Å². The molecule has 0 aliphatic heterocycles. The van der Waals surface area contributed by atoms with E-state index in [4.69, 9.17) is 4.52 Å². The van der Waals surface area contributed by atoms with Crippen LogP contribution in [0, 0.1) is 0 Å². The minimum Gasteiger partial charge on any atom is -0.334 e. The lowest BCUT2D eigenvalue weighted by atomic mass is 9.97. The van der Waals surface area contributed by atoms with Gasteiger partial charge in [-0.15, -0.1) is 0 Å². The van der Waals surface area contributed by atoms with Crippen LogP contribution < -0.4 is 5.48 Å². The summed E-state index contributed by atoms with van der Waals surface area (Å²) < 4.78 is 44.6. The van der Waals surface area contributed by atoms with E-state index in [2.05, 4.69) is 22.5 Å². The molecule has 0 bridgehead atoms. The number of rotatable bonds is 15. The van der Waals surface area contributed by atoms with Crippen LogP contribution in [0.3, 0.4) is 0 Å². The summed E-state index contributed by atoms with van der Waals surface area (Å²) in [5.74, 6) is 1.05. The molecule has 36 heavy (non-hydrogen) atoms. The zero-order valence-electron chi connectivity index (χ0n) is 20.9. The Morgan fingerprint density at radius 2 is 1.61 bits per heavy atom. The molecule has 0 saturated heterocycles. The van der Waals surface area contributed by atoms with Crippen LogP contribution in [0.4, 0.5) is 13.2 Å². The van der Waals surface area contributed by atoms with Crippen LogP contribution in [-0.4, -0.2) is 15.3 Å². The van der Waals surface area contributed by atoms with Gasteiger partial charge >= 0.3 is 6.18 Å². The summed E-state index contributed by atoms with van der Waals surface area (Å²) >= 11 is 0. The molecular formula is C28H36F3N3O2. The van der Waals surface area contributed by atoms with Crippen LogP contribution in [0.2, 0.25) is 0 Å². The molecule has 3 rings (SSSR count). The van der Waals surface area contributed by atoms with E-state index < -0.39 is 17.8 Å². The van der Waals surface area contributed by atoms with Gasteiger partial charge in [0, 0.05) is 12.0 Å². The third-order valence-corrected chi connectivity index (χ3v) is 6.36. The van der Waals surface area contributed by atoms with Crippen LogP contribution in [0.1, 0.15) is 93.3 Å². The first kappa shape index (κ1) is 27.9. The molecule has 0 fully saturated rings. The molecule has 0 aliphatic rings. The van der Waals surface area contributed by atoms with Crippen molar-refractivity contribution in [3.63, 3.8) is 0 Å². The van der Waals surface area contributed by atoms with Gasteiger partial charge in [0.05, 0.1) is 11.6 Å². The van der Waals surface area contributed by atoms with Gasteiger partial charge in [0.1, 0.15) is 0 Å². The highest BCUT2D eigenvalue weighted by molar-refractivity contribution is 5.54. The summed E-state index contributed by atoms with van der Waals surface area (Å²) in [4.78, 5) is 4.51. The van der Waals surface area contributed by atoms with E-state index in [0.29, 0.717) is 28.4 Å². The summed E-state index contributed by atoms with van der Waals surface area (Å²) in [5.41, 5.74) is 3.37. The first-order valence-electron chi connectivity index (χ1n) is 12.9. The SMILES string of the molecule is CCCCCCCCCCCc1noc(-c2cccc(C(Cc3cccc(C(F)(F)F)c3)NO)c2)n1. The number of nitrogens with one attached hydrogen (secondary N) is 1. The van der Waals surface area contributed by atoms with Gasteiger partial charge in [-0.1, -0.05) is 93.8 Å². The molecule has 5 nitrogen and oxygen atoms in total. The van der Waals surface area contributed by atoms with Gasteiger partial charge in [0.25, 0.3) is 5.89 Å². The van der Waals surface area contributed by atoms with Gasteiger partial charge in [-0.3, -0.25) is 0 Å². The quantitative estimate of drug-likeness (QED) is 0.162. The van der Waals surface area contributed by atoms with Crippen LogP contribution in [0.25, 0.3) is 11.5 Å². The maximum atomic E-state index is 13.0. The molecule has 0 saturated carbocycles. The fourth-order valence-electron chi connectivity index (χ4n) is 4.30. The predicted octanol–water partition coefficient (Wildman–Crippen LogP) is 8.09. The van der Waals surface area contributed by atoms with Crippen molar-refractivity contribution in [2.45, 2.75) is 89.8 Å². The highest BCUT2D eigenvalue weighted by Gasteiger charge is 2.30. The third kappa shape index (κ3) is 8.75. The van der Waals surface area contributed by atoms with Crippen molar-refractivity contribution in [1.29, 1.82) is 0 Å². The Morgan fingerprint density at radius 1 is 0.917 bits per heavy atom. The molecule has 1 heterocycles. The second kappa shape index (κ2) is 14.1. The van der Waals surface area contributed by atoms with Crippen molar-refractivity contribution in [2.75, 3.05) is 0 Å². The van der Waals surface area contributed by atoms with E-state index in [1.807, 2.05) is 6.07 Å².